The normalized spacial score (nSPS) is 11.4. The highest BCUT2D eigenvalue weighted by Gasteiger charge is 2.26. The molecule has 0 saturated heterocycles. The first-order valence-electron chi connectivity index (χ1n) is 36.6. The van der Waals surface area contributed by atoms with Crippen molar-refractivity contribution in [3.63, 3.8) is 0 Å². The zero-order valence-corrected chi connectivity index (χ0v) is 59.6. The molecular weight excluding hydrogens is 1380 g/mol. The average molecular weight is 1440 g/mol. The summed E-state index contributed by atoms with van der Waals surface area (Å²) in [5.74, 6) is 6.90. The summed E-state index contributed by atoms with van der Waals surface area (Å²) in [6, 6.07) is 118. The van der Waals surface area contributed by atoms with E-state index in [1.807, 2.05) is 273 Å². The third-order valence-corrected chi connectivity index (χ3v) is 20.0. The Morgan fingerprint density at radius 3 is 0.679 bits per heavy atom. The van der Waals surface area contributed by atoms with Gasteiger partial charge in [0.15, 0.2) is 69.9 Å². The molecule has 13 aromatic carbocycles. The summed E-state index contributed by atoms with van der Waals surface area (Å²) in [6.45, 7) is 0. The predicted octanol–water partition coefficient (Wildman–Crippen LogP) is 21.6. The Balaban J connectivity index is 0.821. The van der Waals surface area contributed by atoms with Crippen molar-refractivity contribution in [2.75, 3.05) is 0 Å². The Morgan fingerprint density at radius 2 is 0.429 bits per heavy atom. The van der Waals surface area contributed by atoms with Gasteiger partial charge in [0.2, 0.25) is 0 Å². The third-order valence-electron chi connectivity index (χ3n) is 20.0. The molecule has 7 aromatic heterocycles. The van der Waals surface area contributed by atoms with Gasteiger partial charge < -0.3 is 4.57 Å². The molecule has 0 saturated carbocycles. The average Bonchev–Trinajstić information content (AvgIpc) is 1.60. The fourth-order valence-electron chi connectivity index (χ4n) is 14.6. The first-order valence-corrected chi connectivity index (χ1v) is 36.6. The van der Waals surface area contributed by atoms with Crippen LogP contribution in [0, 0.1) is 11.3 Å². The number of nitriles is 1. The smallest absolute Gasteiger partial charge is 0.164 e. The van der Waals surface area contributed by atoms with Gasteiger partial charge >= 0.3 is 0 Å². The summed E-state index contributed by atoms with van der Waals surface area (Å²) in [4.78, 5) is 67.6. The molecule has 16 nitrogen and oxygen atoms in total. The van der Waals surface area contributed by atoms with Gasteiger partial charge in [-0.15, -0.1) is 0 Å². The van der Waals surface area contributed by atoms with Gasteiger partial charge in [0, 0.05) is 99.4 Å². The van der Waals surface area contributed by atoms with Gasteiger partial charge in [-0.05, 0) is 84.9 Å². The van der Waals surface area contributed by atoms with E-state index in [4.69, 9.17) is 64.8 Å². The monoisotopic (exact) mass is 1430 g/mol. The number of rotatable bonds is 15. The molecule has 0 aliphatic carbocycles. The molecule has 20 aromatic rings. The fraction of sp³-hybridized carbons (Fsp3) is 0. The number of hydrogen-bond donors (Lipinski definition) is 0. The maximum absolute atomic E-state index is 11.3. The Bertz CT molecular complexity index is 6450. The van der Waals surface area contributed by atoms with E-state index in [-0.39, 0.29) is 0 Å². The van der Waals surface area contributed by atoms with Gasteiger partial charge in [0.1, 0.15) is 5.82 Å². The van der Waals surface area contributed by atoms with Crippen molar-refractivity contribution >= 4 is 43.6 Å². The van der Waals surface area contributed by atoms with Crippen LogP contribution in [0.5, 0.6) is 0 Å². The van der Waals surface area contributed by atoms with E-state index in [1.54, 1.807) is 0 Å². The summed E-state index contributed by atoms with van der Waals surface area (Å²) < 4.78 is 4.43. The van der Waals surface area contributed by atoms with E-state index >= 15 is 0 Å². The van der Waals surface area contributed by atoms with E-state index in [0.717, 1.165) is 116 Å². The Kier molecular flexibility index (Phi) is 16.5. The summed E-state index contributed by atoms with van der Waals surface area (Å²) >= 11 is 0. The van der Waals surface area contributed by atoms with Crippen LogP contribution in [0.1, 0.15) is 5.56 Å². The lowest BCUT2D eigenvalue weighted by Gasteiger charge is -2.17. The fourth-order valence-corrected chi connectivity index (χ4v) is 14.6. The number of aromatic nitrogens is 15. The molecule has 0 unspecified atom stereocenters. The van der Waals surface area contributed by atoms with Crippen LogP contribution in [0.15, 0.2) is 352 Å². The number of hydrogen-bond acceptors (Lipinski definition) is 14. The second-order valence-corrected chi connectivity index (χ2v) is 27.0. The molecule has 0 amide bonds. The van der Waals surface area contributed by atoms with Crippen molar-refractivity contribution in [1.82, 2.24) is 73.9 Å². The zero-order chi connectivity index (χ0) is 74.4. The lowest BCUT2D eigenvalue weighted by molar-refractivity contribution is 1.05. The van der Waals surface area contributed by atoms with Gasteiger partial charge in [-0.25, -0.2) is 64.8 Å². The highest BCUT2D eigenvalue weighted by molar-refractivity contribution is 6.13. The van der Waals surface area contributed by atoms with Gasteiger partial charge in [-0.3, -0.25) is 4.57 Å². The van der Waals surface area contributed by atoms with Crippen LogP contribution < -0.4 is 0 Å². The van der Waals surface area contributed by atoms with Gasteiger partial charge in [-0.1, -0.05) is 261 Å². The Labute approximate surface area is 641 Å². The predicted molar refractivity (Wildman–Crippen MR) is 442 cm³/mol. The minimum atomic E-state index is 0.475. The molecule has 16 heteroatoms. The van der Waals surface area contributed by atoms with E-state index in [9.17, 15) is 5.26 Å². The van der Waals surface area contributed by atoms with Crippen molar-refractivity contribution in [2.24, 2.45) is 0 Å². The summed E-state index contributed by atoms with van der Waals surface area (Å²) in [5, 5.41) is 14.8. The van der Waals surface area contributed by atoms with E-state index in [1.165, 1.54) is 0 Å². The quantitative estimate of drug-likeness (QED) is 0.0938. The molecule has 112 heavy (non-hydrogen) atoms. The van der Waals surface area contributed by atoms with Crippen LogP contribution >= 0.6 is 0 Å². The van der Waals surface area contributed by atoms with Crippen LogP contribution in [0.4, 0.5) is 0 Å². The maximum Gasteiger partial charge on any atom is 0.164 e. The van der Waals surface area contributed by atoms with Crippen LogP contribution in [0.25, 0.3) is 203 Å². The minimum absolute atomic E-state index is 0.475. The molecule has 7 heterocycles. The zero-order valence-electron chi connectivity index (χ0n) is 59.6. The van der Waals surface area contributed by atoms with Crippen LogP contribution in [0.3, 0.4) is 0 Å². The number of pyridine rings is 1. The van der Waals surface area contributed by atoms with E-state index < -0.39 is 0 Å². The molecule has 0 aliphatic rings. The van der Waals surface area contributed by atoms with Crippen molar-refractivity contribution < 1.29 is 0 Å². The van der Waals surface area contributed by atoms with Crippen molar-refractivity contribution in [1.29, 1.82) is 5.26 Å². The molecule has 0 N–H and O–H groups in total. The van der Waals surface area contributed by atoms with E-state index in [0.29, 0.717) is 92.5 Å². The van der Waals surface area contributed by atoms with Crippen molar-refractivity contribution in [3.05, 3.63) is 358 Å². The second kappa shape index (κ2) is 28.1. The molecule has 0 aliphatic heterocycles. The number of fused-ring (bicyclic) bond motifs is 6. The molecule has 20 rings (SSSR count). The molecule has 522 valence electrons. The lowest BCUT2D eigenvalue weighted by Crippen LogP contribution is -2.04. The first kappa shape index (κ1) is 65.6. The molecular formula is C96H58N16. The molecule has 0 radical (unpaired) electrons. The van der Waals surface area contributed by atoms with Gasteiger partial charge in [0.25, 0.3) is 0 Å². The molecule has 0 bridgehead atoms. The largest absolute Gasteiger partial charge is 0.307 e. The molecule has 0 fully saturated rings. The van der Waals surface area contributed by atoms with Crippen LogP contribution in [-0.2, 0) is 0 Å². The highest BCUT2D eigenvalue weighted by Crippen LogP contribution is 2.44. The lowest BCUT2D eigenvalue weighted by atomic mass is 9.99. The second-order valence-electron chi connectivity index (χ2n) is 27.0. The number of benzene rings is 13. The topological polar surface area (TPSA) is 201 Å². The van der Waals surface area contributed by atoms with E-state index in [2.05, 4.69) is 94.1 Å². The Hall–Kier alpha value is -15.9. The summed E-state index contributed by atoms with van der Waals surface area (Å²) in [7, 11) is 0. The first-order chi connectivity index (χ1) is 55.4. The van der Waals surface area contributed by atoms with Gasteiger partial charge in [0.05, 0.1) is 45.6 Å². The summed E-state index contributed by atoms with van der Waals surface area (Å²) in [6.07, 6.45) is 1.93. The Morgan fingerprint density at radius 1 is 0.205 bits per heavy atom. The van der Waals surface area contributed by atoms with Crippen LogP contribution in [-0.4, -0.2) is 73.9 Å². The SMILES string of the molecule is N#Cc1ccccc1-c1cc(-n2c3ccc(-c4nc(-c5ccccc5)nc(-c5ccccc5)n4)cc3c3cc(-c4nc(-c5ccccc5)nc(-c5ccccc5)n4)ccc32)ncc1-n1c2ccc(-c3nc(-c4ccccc4)nc(-c4ccccc4)n3)cc2c2cc(-c3nc(-c4ccccc4)nc(-c4ccccc4)n3)ccc21. The maximum atomic E-state index is 11.3. The van der Waals surface area contributed by atoms with Crippen molar-refractivity contribution in [3.8, 4) is 165 Å². The third kappa shape index (κ3) is 12.3. The highest BCUT2D eigenvalue weighted by atomic mass is 15.1. The van der Waals surface area contributed by atoms with Gasteiger partial charge in [-0.2, -0.15) is 5.26 Å². The van der Waals surface area contributed by atoms with Crippen LogP contribution in [0.2, 0.25) is 0 Å². The minimum Gasteiger partial charge on any atom is -0.307 e. The standard InChI is InChI=1S/C96H58N16/c97-58-72-43-25-26-44-73(72)78-57-84(112-81-51-47-70(95-107-89(64-35-17-5-18-36-64)101-90(108-95)65-37-19-6-20-38-65)55-76(81)77-56-71(48-52-82(77)112)96-109-91(66-39-21-7-22-40-66)102-92(110-96)67-41-23-8-24-42-67)98-59-83(78)111-79-49-45-68(93-103-85(60-27-9-1-10-28-60)99-86(104-93)61-29-11-2-12-30-61)53-74(79)75-54-69(46-50-80(75)111)94-105-87(62-31-13-3-14-32-62)100-88(106-94)63-33-15-4-16-34-63/h1-57,59H. The van der Waals surface area contributed by atoms with Crippen molar-refractivity contribution in [2.45, 2.75) is 0 Å². The summed E-state index contributed by atoms with van der Waals surface area (Å²) in [5.41, 5.74) is 15.9. The molecule has 0 atom stereocenters. The molecule has 0 spiro atoms. The number of nitrogens with zero attached hydrogens (tertiary/aromatic N) is 16.